The maximum absolute atomic E-state index is 12.7. The van der Waals surface area contributed by atoms with E-state index in [0.29, 0.717) is 28.3 Å². The van der Waals surface area contributed by atoms with Crippen molar-refractivity contribution in [2.45, 2.75) is 20.0 Å². The second kappa shape index (κ2) is 8.81. The number of aromatic nitrogens is 1. The van der Waals surface area contributed by atoms with E-state index in [-0.39, 0.29) is 17.9 Å². The fraction of sp³-hybridized carbons (Fsp3) is 0.136. The van der Waals surface area contributed by atoms with Crippen molar-refractivity contribution in [3.63, 3.8) is 0 Å². The zero-order valence-corrected chi connectivity index (χ0v) is 15.7. The van der Waals surface area contributed by atoms with E-state index in [1.165, 1.54) is 0 Å². The Labute approximate surface area is 163 Å². The summed E-state index contributed by atoms with van der Waals surface area (Å²) in [5.74, 6) is -0.0598. The van der Waals surface area contributed by atoms with Crippen LogP contribution in [-0.4, -0.2) is 22.9 Å². The zero-order valence-electron chi connectivity index (χ0n) is 15.7. The highest BCUT2D eigenvalue weighted by atomic mass is 16.5. The van der Waals surface area contributed by atoms with Crippen LogP contribution in [0.5, 0.6) is 5.75 Å². The van der Waals surface area contributed by atoms with E-state index in [1.807, 2.05) is 19.9 Å². The van der Waals surface area contributed by atoms with Crippen LogP contribution in [0.2, 0.25) is 0 Å². The van der Waals surface area contributed by atoms with E-state index in [4.69, 9.17) is 4.74 Å². The summed E-state index contributed by atoms with van der Waals surface area (Å²) >= 11 is 0. The van der Waals surface area contributed by atoms with Crippen LogP contribution in [-0.2, 0) is 0 Å². The summed E-state index contributed by atoms with van der Waals surface area (Å²) in [6.45, 7) is 3.80. The van der Waals surface area contributed by atoms with Gasteiger partial charge in [-0.15, -0.1) is 0 Å². The second-order valence-corrected chi connectivity index (χ2v) is 6.39. The molecule has 0 aliphatic rings. The molecule has 0 unspecified atom stereocenters. The Morgan fingerprint density at radius 3 is 2.32 bits per heavy atom. The lowest BCUT2D eigenvalue weighted by atomic mass is 10.1. The Kier molecular flexibility index (Phi) is 6.01. The van der Waals surface area contributed by atoms with Crippen LogP contribution < -0.4 is 15.4 Å². The Morgan fingerprint density at radius 2 is 1.57 bits per heavy atom. The monoisotopic (exact) mass is 375 g/mol. The van der Waals surface area contributed by atoms with Crippen LogP contribution in [0.25, 0.3) is 0 Å². The van der Waals surface area contributed by atoms with Gasteiger partial charge in [0.15, 0.2) is 0 Å². The van der Waals surface area contributed by atoms with Crippen molar-refractivity contribution in [2.24, 2.45) is 0 Å². The third-order valence-corrected chi connectivity index (χ3v) is 3.82. The number of carbonyl (C=O) groups excluding carboxylic acids is 2. The van der Waals surface area contributed by atoms with Gasteiger partial charge in [0.2, 0.25) is 0 Å². The van der Waals surface area contributed by atoms with Crippen molar-refractivity contribution in [3.05, 3.63) is 84.2 Å². The number of anilines is 2. The molecule has 2 N–H and O–H groups in total. The lowest BCUT2D eigenvalue weighted by molar-refractivity contribution is 0.101. The van der Waals surface area contributed by atoms with Crippen LogP contribution in [0, 0.1) is 0 Å². The normalized spacial score (nSPS) is 10.4. The van der Waals surface area contributed by atoms with Crippen molar-refractivity contribution in [3.8, 4) is 5.75 Å². The molecule has 3 rings (SSSR count). The largest absolute Gasteiger partial charge is 0.490 e. The third-order valence-electron chi connectivity index (χ3n) is 3.82. The number of hydrogen-bond acceptors (Lipinski definition) is 4. The van der Waals surface area contributed by atoms with Gasteiger partial charge >= 0.3 is 0 Å². The average Bonchev–Trinajstić information content (AvgIpc) is 2.69. The minimum absolute atomic E-state index is 0.0471. The minimum Gasteiger partial charge on any atom is -0.490 e. The SMILES string of the molecule is CC(C)Oc1ccccc1C(=O)Nc1cccc(C(=O)Nc2ccncc2)c1. The average molecular weight is 375 g/mol. The molecule has 6 nitrogen and oxygen atoms in total. The fourth-order valence-electron chi connectivity index (χ4n) is 2.59. The van der Waals surface area contributed by atoms with Crippen molar-refractivity contribution in [1.82, 2.24) is 4.98 Å². The number of para-hydroxylation sites is 1. The Balaban J connectivity index is 1.74. The number of ether oxygens (including phenoxy) is 1. The zero-order chi connectivity index (χ0) is 19.9. The van der Waals surface area contributed by atoms with Gasteiger partial charge in [0.1, 0.15) is 5.75 Å². The van der Waals surface area contributed by atoms with Crippen molar-refractivity contribution < 1.29 is 14.3 Å². The van der Waals surface area contributed by atoms with Gasteiger partial charge in [-0.05, 0) is 56.3 Å². The molecule has 0 fully saturated rings. The summed E-state index contributed by atoms with van der Waals surface area (Å²) in [6.07, 6.45) is 3.15. The quantitative estimate of drug-likeness (QED) is 0.670. The number of amides is 2. The van der Waals surface area contributed by atoms with Crippen LogP contribution in [0.4, 0.5) is 11.4 Å². The van der Waals surface area contributed by atoms with Crippen LogP contribution in [0.15, 0.2) is 73.1 Å². The van der Waals surface area contributed by atoms with Gasteiger partial charge in [0.25, 0.3) is 11.8 Å². The molecule has 0 aliphatic heterocycles. The van der Waals surface area contributed by atoms with Crippen LogP contribution in [0.1, 0.15) is 34.6 Å². The van der Waals surface area contributed by atoms with E-state index in [0.717, 1.165) is 0 Å². The number of pyridine rings is 1. The molecule has 142 valence electrons. The lowest BCUT2D eigenvalue weighted by Crippen LogP contribution is -2.16. The molecule has 1 heterocycles. The maximum atomic E-state index is 12.7. The molecular formula is C22H21N3O3. The lowest BCUT2D eigenvalue weighted by Gasteiger charge is -2.14. The molecule has 6 heteroatoms. The highest BCUT2D eigenvalue weighted by Crippen LogP contribution is 2.21. The summed E-state index contributed by atoms with van der Waals surface area (Å²) in [7, 11) is 0. The third kappa shape index (κ3) is 4.94. The number of benzene rings is 2. The second-order valence-electron chi connectivity index (χ2n) is 6.39. The van der Waals surface area contributed by atoms with E-state index < -0.39 is 0 Å². The Morgan fingerprint density at radius 1 is 0.857 bits per heavy atom. The van der Waals surface area contributed by atoms with Crippen LogP contribution >= 0.6 is 0 Å². The highest BCUT2D eigenvalue weighted by molar-refractivity contribution is 6.08. The first kappa shape index (κ1) is 19.1. The van der Waals surface area contributed by atoms with E-state index in [9.17, 15) is 9.59 Å². The molecule has 3 aromatic rings. The van der Waals surface area contributed by atoms with Gasteiger partial charge in [-0.1, -0.05) is 18.2 Å². The molecule has 2 aromatic carbocycles. The molecule has 0 saturated carbocycles. The van der Waals surface area contributed by atoms with Gasteiger partial charge < -0.3 is 15.4 Å². The van der Waals surface area contributed by atoms with Crippen molar-refractivity contribution >= 4 is 23.2 Å². The smallest absolute Gasteiger partial charge is 0.259 e. The first-order valence-electron chi connectivity index (χ1n) is 8.91. The number of rotatable bonds is 6. The molecule has 0 atom stereocenters. The van der Waals surface area contributed by atoms with Gasteiger partial charge in [0, 0.05) is 29.3 Å². The molecule has 2 amide bonds. The van der Waals surface area contributed by atoms with Gasteiger partial charge in [0.05, 0.1) is 11.7 Å². The number of hydrogen-bond donors (Lipinski definition) is 2. The van der Waals surface area contributed by atoms with Gasteiger partial charge in [-0.25, -0.2) is 0 Å². The maximum Gasteiger partial charge on any atom is 0.259 e. The summed E-state index contributed by atoms with van der Waals surface area (Å²) in [4.78, 5) is 29.0. The first-order valence-corrected chi connectivity index (χ1v) is 8.91. The number of nitrogens with one attached hydrogen (secondary N) is 2. The molecule has 1 aromatic heterocycles. The standard InChI is InChI=1S/C22H21N3O3/c1-15(2)28-20-9-4-3-8-19(20)22(27)25-18-7-5-6-16(14-18)21(26)24-17-10-12-23-13-11-17/h3-15H,1-2H3,(H,25,27)(H,23,24,26). The Hall–Kier alpha value is -3.67. The summed E-state index contributed by atoms with van der Waals surface area (Å²) in [5.41, 5.74) is 2.03. The highest BCUT2D eigenvalue weighted by Gasteiger charge is 2.14. The van der Waals surface area contributed by atoms with Crippen molar-refractivity contribution in [2.75, 3.05) is 10.6 Å². The number of nitrogens with zero attached hydrogens (tertiary/aromatic N) is 1. The van der Waals surface area contributed by atoms with Crippen LogP contribution in [0.3, 0.4) is 0 Å². The van der Waals surface area contributed by atoms with Crippen molar-refractivity contribution in [1.29, 1.82) is 0 Å². The van der Waals surface area contributed by atoms with E-state index >= 15 is 0 Å². The molecule has 0 aliphatic carbocycles. The Bertz CT molecular complexity index is 972. The molecule has 28 heavy (non-hydrogen) atoms. The summed E-state index contributed by atoms with van der Waals surface area (Å²) < 4.78 is 5.70. The van der Waals surface area contributed by atoms with E-state index in [2.05, 4.69) is 15.6 Å². The van der Waals surface area contributed by atoms with Gasteiger partial charge in [-0.3, -0.25) is 14.6 Å². The first-order chi connectivity index (χ1) is 13.5. The molecular weight excluding hydrogens is 354 g/mol. The molecule has 0 saturated heterocycles. The fourth-order valence-corrected chi connectivity index (χ4v) is 2.59. The minimum atomic E-state index is -0.303. The van der Waals surface area contributed by atoms with E-state index in [1.54, 1.807) is 67.0 Å². The summed E-state index contributed by atoms with van der Waals surface area (Å²) in [6, 6.07) is 17.2. The molecule has 0 bridgehead atoms. The number of carbonyl (C=O) groups is 2. The molecule has 0 spiro atoms. The predicted octanol–water partition coefficient (Wildman–Crippen LogP) is 4.37. The van der Waals surface area contributed by atoms with Gasteiger partial charge in [-0.2, -0.15) is 0 Å². The topological polar surface area (TPSA) is 80.3 Å². The molecule has 0 radical (unpaired) electrons. The predicted molar refractivity (Wildman–Crippen MR) is 109 cm³/mol. The summed E-state index contributed by atoms with van der Waals surface area (Å²) in [5, 5.41) is 5.61.